The Morgan fingerprint density at radius 1 is 0.956 bits per heavy atom. The van der Waals surface area contributed by atoms with E-state index in [2.05, 4.69) is 26.2 Å². The van der Waals surface area contributed by atoms with Gasteiger partial charge in [0, 0.05) is 51.0 Å². The number of aromatic nitrogens is 1. The lowest BCUT2D eigenvalue weighted by Crippen LogP contribution is -2.44. The lowest BCUT2D eigenvalue weighted by Gasteiger charge is -2.40. The van der Waals surface area contributed by atoms with Crippen molar-refractivity contribution in [3.8, 4) is 11.8 Å². The Bertz CT molecular complexity index is 1520. The van der Waals surface area contributed by atoms with Crippen LogP contribution in [0, 0.1) is 11.3 Å². The number of hydrogen-bond donors (Lipinski definition) is 1. The number of likely N-dealkylation sites (tertiary alicyclic amines) is 2. The van der Waals surface area contributed by atoms with Crippen LogP contribution in [0.15, 0.2) is 71.8 Å². The van der Waals surface area contributed by atoms with E-state index in [9.17, 15) is 24.2 Å². The van der Waals surface area contributed by atoms with E-state index in [1.54, 1.807) is 12.3 Å². The molecule has 0 aliphatic carbocycles. The molecule has 2 aliphatic heterocycles. The minimum atomic E-state index is -9.71. The third kappa shape index (κ3) is 8.71. The number of carbonyl (C=O) groups is 1. The lowest BCUT2D eigenvalue weighted by atomic mass is 10.0. The molecule has 2 aliphatic rings. The number of carbonyl (C=O) groups excluding carboxylic acids is 1. The first-order valence-electron chi connectivity index (χ1n) is 14.9. The highest BCUT2D eigenvalue weighted by Crippen LogP contribution is 3.02. The molecule has 2 fully saturated rings. The van der Waals surface area contributed by atoms with Gasteiger partial charge in [-0.3, -0.25) is 19.6 Å². The molecular formula is C32H36F5N5O2S. The normalized spacial score (nSPS) is 19.6. The van der Waals surface area contributed by atoms with E-state index >= 15 is 0 Å². The van der Waals surface area contributed by atoms with Gasteiger partial charge in [-0.05, 0) is 86.2 Å². The third-order valence-electron chi connectivity index (χ3n) is 8.51. The molecule has 45 heavy (non-hydrogen) atoms. The van der Waals surface area contributed by atoms with Crippen molar-refractivity contribution in [3.63, 3.8) is 0 Å². The van der Waals surface area contributed by atoms with Gasteiger partial charge in [0.25, 0.3) is 5.91 Å². The van der Waals surface area contributed by atoms with E-state index in [1.807, 2.05) is 37.3 Å². The molecule has 1 aromatic heterocycles. The van der Waals surface area contributed by atoms with Crippen molar-refractivity contribution in [2.75, 3.05) is 26.2 Å². The van der Waals surface area contributed by atoms with Crippen molar-refractivity contribution in [1.82, 2.24) is 20.1 Å². The minimum Gasteiger partial charge on any atom is -0.490 e. The topological polar surface area (TPSA) is 81.5 Å². The van der Waals surface area contributed by atoms with Crippen LogP contribution in [0.4, 0.5) is 19.4 Å². The SMILES string of the molecule is CC(c1ccc(C(=O)NC2CCN(Cc3ccc(C#N)cc3)CC2)nc1)N1CCC(Oc2ccc(S(F)(F)(F)(F)F)cc2)CC1. The maximum absolute atomic E-state index is 13.0. The van der Waals surface area contributed by atoms with Crippen molar-refractivity contribution < 1.29 is 29.0 Å². The highest BCUT2D eigenvalue weighted by atomic mass is 32.5. The van der Waals surface area contributed by atoms with Crippen LogP contribution in [0.25, 0.3) is 0 Å². The molecule has 7 nitrogen and oxygen atoms in total. The van der Waals surface area contributed by atoms with Crippen LogP contribution in [0.2, 0.25) is 0 Å². The van der Waals surface area contributed by atoms with Crippen molar-refractivity contribution in [2.24, 2.45) is 0 Å². The monoisotopic (exact) mass is 649 g/mol. The van der Waals surface area contributed by atoms with Gasteiger partial charge >= 0.3 is 10.2 Å². The first-order chi connectivity index (χ1) is 21.2. The summed E-state index contributed by atoms with van der Waals surface area (Å²) in [5, 5.41) is 12.1. The van der Waals surface area contributed by atoms with E-state index in [1.165, 1.54) is 0 Å². The van der Waals surface area contributed by atoms with E-state index in [0.717, 1.165) is 55.7 Å². The Hall–Kier alpha value is -3.73. The zero-order valence-electron chi connectivity index (χ0n) is 24.9. The maximum atomic E-state index is 13.0. The number of hydrogen-bond acceptors (Lipinski definition) is 6. The zero-order chi connectivity index (χ0) is 32.3. The van der Waals surface area contributed by atoms with E-state index in [-0.39, 0.29) is 29.8 Å². The third-order valence-corrected chi connectivity index (χ3v) is 9.67. The lowest BCUT2D eigenvalue weighted by molar-refractivity contribution is 0.0795. The average molecular weight is 650 g/mol. The molecule has 13 heteroatoms. The summed E-state index contributed by atoms with van der Waals surface area (Å²) in [6.45, 7) is 5.91. The highest BCUT2D eigenvalue weighted by molar-refractivity contribution is 8.45. The van der Waals surface area contributed by atoms with E-state index in [4.69, 9.17) is 10.00 Å². The number of halogens is 5. The first-order valence-corrected chi connectivity index (χ1v) is 16.8. The standard InChI is InChI=1S/C32H36F5N5O2S/c1-23(42-18-14-29(15-19-42)44-28-7-9-30(10-8-28)45(33,34,35,36)37)26-6-11-31(39-21-26)32(43)40-27-12-16-41(17-13-27)22-25-4-2-24(20-38)3-5-25/h2-11,21,23,27,29H,12-19,22H2,1H3,(H,40,43). The van der Waals surface area contributed by atoms with Gasteiger partial charge in [0.2, 0.25) is 0 Å². The zero-order valence-corrected chi connectivity index (χ0v) is 25.7. The highest BCUT2D eigenvalue weighted by Gasteiger charge is 2.65. The molecule has 5 rings (SSSR count). The number of amides is 1. The molecule has 1 N–H and O–H groups in total. The number of nitrogens with zero attached hydrogens (tertiary/aromatic N) is 4. The van der Waals surface area contributed by atoms with Crippen LogP contribution in [-0.2, 0) is 6.54 Å². The summed E-state index contributed by atoms with van der Waals surface area (Å²) >= 11 is 0. The van der Waals surface area contributed by atoms with E-state index in [0.29, 0.717) is 49.3 Å². The Labute approximate surface area is 259 Å². The number of rotatable bonds is 9. The molecule has 3 aromatic rings. The van der Waals surface area contributed by atoms with Crippen molar-refractivity contribution in [3.05, 3.63) is 89.2 Å². The number of pyridine rings is 1. The van der Waals surface area contributed by atoms with Gasteiger partial charge in [-0.2, -0.15) is 5.26 Å². The van der Waals surface area contributed by atoms with Gasteiger partial charge in [-0.15, -0.1) is 0 Å². The summed E-state index contributed by atoms with van der Waals surface area (Å²) in [5.74, 6) is -0.0786. The molecule has 242 valence electrons. The fraction of sp³-hybridized carbons (Fsp3) is 0.406. The van der Waals surface area contributed by atoms with E-state index < -0.39 is 15.1 Å². The second-order valence-corrected chi connectivity index (χ2v) is 14.2. The summed E-state index contributed by atoms with van der Waals surface area (Å²) in [6, 6.07) is 16.1. The summed E-state index contributed by atoms with van der Waals surface area (Å²) in [5.41, 5.74) is 3.11. The molecule has 1 unspecified atom stereocenters. The minimum absolute atomic E-state index is 0.0211. The number of benzene rings is 2. The Morgan fingerprint density at radius 3 is 2.16 bits per heavy atom. The Balaban J connectivity index is 1.05. The summed E-state index contributed by atoms with van der Waals surface area (Å²) < 4.78 is 70.6. The maximum Gasteiger partial charge on any atom is 0.310 e. The molecule has 2 saturated heterocycles. The van der Waals surface area contributed by atoms with Gasteiger partial charge < -0.3 is 10.1 Å². The molecule has 0 radical (unpaired) electrons. The summed E-state index contributed by atoms with van der Waals surface area (Å²) in [4.78, 5) is 20.0. The second-order valence-electron chi connectivity index (χ2n) is 11.8. The number of nitriles is 1. The number of ether oxygens (including phenoxy) is 1. The van der Waals surface area contributed by atoms with Crippen molar-refractivity contribution in [1.29, 1.82) is 5.26 Å². The van der Waals surface area contributed by atoms with Crippen molar-refractivity contribution in [2.45, 2.75) is 62.2 Å². The van der Waals surface area contributed by atoms with Crippen LogP contribution in [0.5, 0.6) is 5.75 Å². The fourth-order valence-electron chi connectivity index (χ4n) is 5.78. The van der Waals surface area contributed by atoms with Gasteiger partial charge in [-0.25, -0.2) is 0 Å². The van der Waals surface area contributed by atoms with Gasteiger partial charge in [-0.1, -0.05) is 37.6 Å². The second kappa shape index (κ2) is 12.2. The Morgan fingerprint density at radius 2 is 1.60 bits per heavy atom. The van der Waals surface area contributed by atoms with Crippen LogP contribution in [-0.4, -0.2) is 59.0 Å². The van der Waals surface area contributed by atoms with Crippen LogP contribution >= 0.6 is 10.2 Å². The van der Waals surface area contributed by atoms with Gasteiger partial charge in [0.05, 0.1) is 11.6 Å². The molecular weight excluding hydrogens is 613 g/mol. The molecule has 1 amide bonds. The quantitative estimate of drug-likeness (QED) is 0.241. The first kappa shape index (κ1) is 32.7. The molecule has 1 atom stereocenters. The van der Waals surface area contributed by atoms with Crippen LogP contribution in [0.3, 0.4) is 0 Å². The molecule has 2 aromatic carbocycles. The predicted molar refractivity (Wildman–Crippen MR) is 163 cm³/mol. The largest absolute Gasteiger partial charge is 0.490 e. The summed E-state index contributed by atoms with van der Waals surface area (Å²) in [7, 11) is -9.71. The predicted octanol–water partition coefficient (Wildman–Crippen LogP) is 7.61. The van der Waals surface area contributed by atoms with Gasteiger partial charge in [0.15, 0.2) is 0 Å². The smallest absolute Gasteiger partial charge is 0.310 e. The van der Waals surface area contributed by atoms with Crippen LogP contribution in [0.1, 0.15) is 65.8 Å². The molecule has 0 bridgehead atoms. The molecule has 3 heterocycles. The fourth-order valence-corrected chi connectivity index (χ4v) is 6.43. The average Bonchev–Trinajstić information content (AvgIpc) is 3.01. The molecule has 0 saturated carbocycles. The Kier molecular flexibility index (Phi) is 8.87. The van der Waals surface area contributed by atoms with Crippen LogP contribution < -0.4 is 10.1 Å². The van der Waals surface area contributed by atoms with Gasteiger partial charge in [0.1, 0.15) is 22.4 Å². The number of piperidine rings is 2. The molecule has 0 spiro atoms. The number of nitrogens with one attached hydrogen (secondary N) is 1. The van der Waals surface area contributed by atoms with Crippen molar-refractivity contribution >= 4 is 16.1 Å². The summed E-state index contributed by atoms with van der Waals surface area (Å²) in [6.07, 6.45) is 4.38.